The van der Waals surface area contributed by atoms with Crippen LogP contribution in [-0.4, -0.2) is 30.5 Å². The second-order valence-corrected chi connectivity index (χ2v) is 6.02. The molecule has 1 aliphatic rings. The summed E-state index contributed by atoms with van der Waals surface area (Å²) in [4.78, 5) is 4.28. The summed E-state index contributed by atoms with van der Waals surface area (Å²) in [6.45, 7) is 3.54. The van der Waals surface area contributed by atoms with Crippen LogP contribution in [0.2, 0.25) is 0 Å². The zero-order valence-electron chi connectivity index (χ0n) is 12.5. The first-order valence-electron chi connectivity index (χ1n) is 7.35. The van der Waals surface area contributed by atoms with E-state index < -0.39 is 0 Å². The predicted molar refractivity (Wildman–Crippen MR) is 89.0 cm³/mol. The molecule has 1 saturated heterocycles. The zero-order chi connectivity index (χ0) is 15.2. The van der Waals surface area contributed by atoms with Crippen LogP contribution in [0.1, 0.15) is 24.1 Å². The lowest BCUT2D eigenvalue weighted by atomic mass is 10.1. The van der Waals surface area contributed by atoms with E-state index in [1.807, 2.05) is 36.6 Å². The Bertz CT molecular complexity index is 619. The van der Waals surface area contributed by atoms with Crippen molar-refractivity contribution in [1.82, 2.24) is 4.98 Å². The van der Waals surface area contributed by atoms with E-state index in [1.165, 1.54) is 0 Å². The molecule has 0 radical (unpaired) electrons. The maximum atomic E-state index is 5.94. The lowest BCUT2D eigenvalue weighted by Gasteiger charge is -2.23. The van der Waals surface area contributed by atoms with Crippen molar-refractivity contribution in [2.45, 2.75) is 25.9 Å². The van der Waals surface area contributed by atoms with E-state index in [1.54, 1.807) is 17.6 Å². The summed E-state index contributed by atoms with van der Waals surface area (Å²) in [6.07, 6.45) is 3.96. The van der Waals surface area contributed by atoms with E-state index in [0.29, 0.717) is 0 Å². The van der Waals surface area contributed by atoms with Gasteiger partial charge in [-0.2, -0.15) is 5.10 Å². The van der Waals surface area contributed by atoms with Gasteiger partial charge in [-0.3, -0.25) is 5.43 Å². The van der Waals surface area contributed by atoms with Gasteiger partial charge in [0.1, 0.15) is 11.9 Å². The SMILES string of the molecule is Cc1csc(NN=Cc2ccc(OC3CCOCC3)cc2)n1. The number of thiazole rings is 1. The van der Waals surface area contributed by atoms with Gasteiger partial charge < -0.3 is 9.47 Å². The molecule has 1 N–H and O–H groups in total. The molecule has 0 amide bonds. The van der Waals surface area contributed by atoms with E-state index in [9.17, 15) is 0 Å². The van der Waals surface area contributed by atoms with Crippen LogP contribution in [0.3, 0.4) is 0 Å². The summed E-state index contributed by atoms with van der Waals surface area (Å²) in [7, 11) is 0. The van der Waals surface area contributed by atoms with Crippen molar-refractivity contribution in [3.63, 3.8) is 0 Å². The van der Waals surface area contributed by atoms with Crippen molar-refractivity contribution in [2.24, 2.45) is 5.10 Å². The van der Waals surface area contributed by atoms with Gasteiger partial charge >= 0.3 is 0 Å². The van der Waals surface area contributed by atoms with Crippen LogP contribution in [0.5, 0.6) is 5.75 Å². The van der Waals surface area contributed by atoms with E-state index in [-0.39, 0.29) is 6.10 Å². The number of aryl methyl sites for hydroxylation is 1. The second kappa shape index (κ2) is 7.38. The standard InChI is InChI=1S/C16H19N3O2S/c1-12-11-22-16(18-12)19-17-10-13-2-4-14(5-3-13)21-15-6-8-20-9-7-15/h2-5,10-11,15H,6-9H2,1H3,(H,18,19). The minimum atomic E-state index is 0.267. The molecule has 1 aromatic heterocycles. The van der Waals surface area contributed by atoms with Crippen LogP contribution in [0.25, 0.3) is 0 Å². The third-order valence-corrected chi connectivity index (χ3v) is 4.21. The molecule has 116 valence electrons. The number of hydrogen-bond acceptors (Lipinski definition) is 6. The Balaban J connectivity index is 1.52. The number of nitrogens with zero attached hydrogens (tertiary/aromatic N) is 2. The van der Waals surface area contributed by atoms with E-state index >= 15 is 0 Å². The third-order valence-electron chi connectivity index (χ3n) is 3.34. The molecule has 1 aromatic carbocycles. The van der Waals surface area contributed by atoms with E-state index in [2.05, 4.69) is 15.5 Å². The van der Waals surface area contributed by atoms with Gasteiger partial charge in [0.2, 0.25) is 5.13 Å². The summed E-state index contributed by atoms with van der Waals surface area (Å²) >= 11 is 1.54. The first kappa shape index (κ1) is 15.0. The van der Waals surface area contributed by atoms with Crippen molar-refractivity contribution in [3.05, 3.63) is 40.9 Å². The summed E-state index contributed by atoms with van der Waals surface area (Å²) in [5.41, 5.74) is 4.94. The number of ether oxygens (including phenoxy) is 2. The minimum absolute atomic E-state index is 0.267. The largest absolute Gasteiger partial charge is 0.490 e. The molecule has 0 aliphatic carbocycles. The highest BCUT2D eigenvalue weighted by molar-refractivity contribution is 7.13. The summed E-state index contributed by atoms with van der Waals surface area (Å²) in [5.74, 6) is 0.896. The molecular formula is C16H19N3O2S. The summed E-state index contributed by atoms with van der Waals surface area (Å²) in [5, 5.41) is 6.97. The van der Waals surface area contributed by atoms with Gasteiger partial charge in [0.25, 0.3) is 0 Å². The number of hydrazone groups is 1. The molecule has 0 unspecified atom stereocenters. The topological polar surface area (TPSA) is 55.7 Å². The van der Waals surface area contributed by atoms with Gasteiger partial charge in [0, 0.05) is 18.2 Å². The fraction of sp³-hybridized carbons (Fsp3) is 0.375. The Kier molecular flexibility index (Phi) is 5.03. The first-order valence-corrected chi connectivity index (χ1v) is 8.23. The molecule has 3 rings (SSSR count). The lowest BCUT2D eigenvalue weighted by Crippen LogP contribution is -2.25. The van der Waals surface area contributed by atoms with Gasteiger partial charge in [-0.25, -0.2) is 4.98 Å². The van der Waals surface area contributed by atoms with E-state index in [0.717, 1.165) is 48.2 Å². The zero-order valence-corrected chi connectivity index (χ0v) is 13.3. The quantitative estimate of drug-likeness (QED) is 0.678. The fourth-order valence-corrected chi connectivity index (χ4v) is 2.82. The maximum Gasteiger partial charge on any atom is 0.203 e. The Labute approximate surface area is 134 Å². The van der Waals surface area contributed by atoms with Crippen LogP contribution in [0.15, 0.2) is 34.7 Å². The third kappa shape index (κ3) is 4.29. The van der Waals surface area contributed by atoms with Gasteiger partial charge in [-0.05, 0) is 36.8 Å². The Morgan fingerprint density at radius 3 is 2.77 bits per heavy atom. The van der Waals surface area contributed by atoms with Crippen LogP contribution in [-0.2, 0) is 4.74 Å². The molecule has 5 nitrogen and oxygen atoms in total. The smallest absolute Gasteiger partial charge is 0.203 e. The number of aromatic nitrogens is 1. The number of nitrogens with one attached hydrogen (secondary N) is 1. The molecular weight excluding hydrogens is 298 g/mol. The monoisotopic (exact) mass is 317 g/mol. The van der Waals surface area contributed by atoms with Crippen LogP contribution in [0, 0.1) is 6.92 Å². The molecule has 22 heavy (non-hydrogen) atoms. The van der Waals surface area contributed by atoms with Crippen molar-refractivity contribution in [2.75, 3.05) is 18.6 Å². The normalized spacial score (nSPS) is 16.0. The van der Waals surface area contributed by atoms with Crippen LogP contribution in [0.4, 0.5) is 5.13 Å². The molecule has 2 heterocycles. The number of hydrogen-bond donors (Lipinski definition) is 1. The van der Waals surface area contributed by atoms with Crippen LogP contribution < -0.4 is 10.2 Å². The van der Waals surface area contributed by atoms with Gasteiger partial charge in [-0.15, -0.1) is 11.3 Å². The number of rotatable bonds is 5. The average Bonchev–Trinajstić information content (AvgIpc) is 2.96. The number of benzene rings is 1. The summed E-state index contributed by atoms with van der Waals surface area (Å²) < 4.78 is 11.3. The highest BCUT2D eigenvalue weighted by Crippen LogP contribution is 2.18. The highest BCUT2D eigenvalue weighted by Gasteiger charge is 2.14. The van der Waals surface area contributed by atoms with Crippen molar-refractivity contribution in [3.8, 4) is 5.75 Å². The van der Waals surface area contributed by atoms with E-state index in [4.69, 9.17) is 9.47 Å². The molecule has 1 aliphatic heterocycles. The minimum Gasteiger partial charge on any atom is -0.490 e. The fourth-order valence-electron chi connectivity index (χ4n) is 2.19. The molecule has 1 fully saturated rings. The number of anilines is 1. The maximum absolute atomic E-state index is 5.94. The summed E-state index contributed by atoms with van der Waals surface area (Å²) in [6, 6.07) is 7.94. The van der Waals surface area contributed by atoms with Gasteiger partial charge in [0.15, 0.2) is 0 Å². The van der Waals surface area contributed by atoms with Gasteiger partial charge in [-0.1, -0.05) is 0 Å². The molecule has 0 saturated carbocycles. The van der Waals surface area contributed by atoms with Crippen molar-refractivity contribution >= 4 is 22.7 Å². The second-order valence-electron chi connectivity index (χ2n) is 5.16. The molecule has 0 atom stereocenters. The average molecular weight is 317 g/mol. The Hall–Kier alpha value is -1.92. The predicted octanol–water partition coefficient (Wildman–Crippen LogP) is 3.46. The first-order chi connectivity index (χ1) is 10.8. The molecule has 0 bridgehead atoms. The lowest BCUT2D eigenvalue weighted by molar-refractivity contribution is 0.0256. The van der Waals surface area contributed by atoms with Gasteiger partial charge in [0.05, 0.1) is 25.1 Å². The Morgan fingerprint density at radius 1 is 1.32 bits per heavy atom. The van der Waals surface area contributed by atoms with Crippen molar-refractivity contribution in [1.29, 1.82) is 0 Å². The Morgan fingerprint density at radius 2 is 2.09 bits per heavy atom. The van der Waals surface area contributed by atoms with Crippen LogP contribution >= 0.6 is 11.3 Å². The van der Waals surface area contributed by atoms with Crippen molar-refractivity contribution < 1.29 is 9.47 Å². The highest BCUT2D eigenvalue weighted by atomic mass is 32.1. The molecule has 6 heteroatoms. The molecule has 0 spiro atoms. The molecule has 2 aromatic rings.